The molecule has 2 heterocycles. The number of nitriles is 1. The molecule has 0 saturated heterocycles. The van der Waals surface area contributed by atoms with Crippen LogP contribution >= 0.6 is 0 Å². The molecule has 0 N–H and O–H groups in total. The van der Waals surface area contributed by atoms with Gasteiger partial charge in [0.15, 0.2) is 11.5 Å². The first kappa shape index (κ1) is 12.2. The zero-order valence-electron chi connectivity index (χ0n) is 10.7. The lowest BCUT2D eigenvalue weighted by Gasteiger charge is -2.18. The third-order valence-corrected chi connectivity index (χ3v) is 2.97. The Balaban J connectivity index is 1.96. The van der Waals surface area contributed by atoms with Crippen molar-refractivity contribution in [3.05, 3.63) is 53.9 Å². The first-order valence-electron chi connectivity index (χ1n) is 6.29. The highest BCUT2D eigenvalue weighted by atomic mass is 16.6. The largest absolute Gasteiger partial charge is 0.486 e. The molecule has 20 heavy (non-hydrogen) atoms. The zero-order valence-corrected chi connectivity index (χ0v) is 10.7. The Hall–Kier alpha value is -2.80. The van der Waals surface area contributed by atoms with Gasteiger partial charge in [-0.05, 0) is 29.8 Å². The smallest absolute Gasteiger partial charge is 0.161 e. The Morgan fingerprint density at radius 3 is 2.80 bits per heavy atom. The van der Waals surface area contributed by atoms with E-state index in [0.717, 1.165) is 16.9 Å². The van der Waals surface area contributed by atoms with E-state index in [-0.39, 0.29) is 0 Å². The molecule has 1 aromatic heterocycles. The molecule has 1 aliphatic heterocycles. The Morgan fingerprint density at radius 2 is 2.05 bits per heavy atom. The monoisotopic (exact) mass is 264 g/mol. The first-order valence-corrected chi connectivity index (χ1v) is 6.29. The minimum atomic E-state index is 0.549. The Kier molecular flexibility index (Phi) is 3.34. The van der Waals surface area contributed by atoms with Crippen LogP contribution in [0.1, 0.15) is 11.1 Å². The van der Waals surface area contributed by atoms with Crippen molar-refractivity contribution in [2.24, 2.45) is 0 Å². The topological polar surface area (TPSA) is 55.1 Å². The molecule has 0 bridgehead atoms. The second kappa shape index (κ2) is 5.45. The summed E-state index contributed by atoms with van der Waals surface area (Å²) in [4.78, 5) is 4.03. The first-order chi connectivity index (χ1) is 9.86. The lowest BCUT2D eigenvalue weighted by molar-refractivity contribution is 0.171. The molecule has 0 saturated carbocycles. The summed E-state index contributed by atoms with van der Waals surface area (Å²) in [6.45, 7) is 1.12. The van der Waals surface area contributed by atoms with Gasteiger partial charge in [0.25, 0.3) is 0 Å². The number of fused-ring (bicyclic) bond motifs is 1. The van der Waals surface area contributed by atoms with Crippen molar-refractivity contribution in [3.63, 3.8) is 0 Å². The van der Waals surface area contributed by atoms with E-state index in [1.165, 1.54) is 0 Å². The highest BCUT2D eigenvalue weighted by molar-refractivity contribution is 5.89. The highest BCUT2D eigenvalue weighted by Crippen LogP contribution is 2.31. The average molecular weight is 264 g/mol. The third kappa shape index (κ3) is 2.47. The van der Waals surface area contributed by atoms with Gasteiger partial charge in [-0.15, -0.1) is 0 Å². The van der Waals surface area contributed by atoms with Crippen molar-refractivity contribution < 1.29 is 9.47 Å². The van der Waals surface area contributed by atoms with Crippen LogP contribution in [0.15, 0.2) is 42.7 Å². The molecule has 4 heteroatoms. The maximum absolute atomic E-state index is 9.28. The number of rotatable bonds is 2. The molecule has 1 aliphatic rings. The van der Waals surface area contributed by atoms with E-state index in [9.17, 15) is 5.26 Å². The van der Waals surface area contributed by atoms with Crippen LogP contribution in [0.2, 0.25) is 0 Å². The van der Waals surface area contributed by atoms with E-state index >= 15 is 0 Å². The van der Waals surface area contributed by atoms with Crippen LogP contribution in [0.4, 0.5) is 0 Å². The number of nitrogens with zero attached hydrogens (tertiary/aromatic N) is 2. The third-order valence-electron chi connectivity index (χ3n) is 2.97. The zero-order chi connectivity index (χ0) is 13.8. The summed E-state index contributed by atoms with van der Waals surface area (Å²) in [6.07, 6.45) is 5.17. The molecule has 0 atom stereocenters. The van der Waals surface area contributed by atoms with Gasteiger partial charge in [0.2, 0.25) is 0 Å². The minimum absolute atomic E-state index is 0.549. The summed E-state index contributed by atoms with van der Waals surface area (Å²) < 4.78 is 11.0. The number of hydrogen-bond acceptors (Lipinski definition) is 4. The molecule has 1 aromatic carbocycles. The SMILES string of the molecule is N#C/C(=C/c1ccc2c(c1)OCCO2)c1cccnc1. The molecule has 0 radical (unpaired) electrons. The molecule has 0 fully saturated rings. The molecule has 0 amide bonds. The second-order valence-electron chi connectivity index (χ2n) is 4.31. The Morgan fingerprint density at radius 1 is 1.20 bits per heavy atom. The van der Waals surface area contributed by atoms with Gasteiger partial charge in [-0.25, -0.2) is 0 Å². The van der Waals surface area contributed by atoms with Gasteiger partial charge in [-0.2, -0.15) is 5.26 Å². The molecule has 0 aliphatic carbocycles. The standard InChI is InChI=1S/C16H12N2O2/c17-10-14(13-2-1-5-18-11-13)8-12-3-4-15-16(9-12)20-7-6-19-15/h1-5,8-9,11H,6-7H2/b14-8-. The van der Waals surface area contributed by atoms with Crippen LogP contribution in [-0.2, 0) is 0 Å². The fraction of sp³-hybridized carbons (Fsp3) is 0.125. The van der Waals surface area contributed by atoms with Crippen LogP contribution in [-0.4, -0.2) is 18.2 Å². The van der Waals surface area contributed by atoms with Gasteiger partial charge in [0, 0.05) is 18.0 Å². The van der Waals surface area contributed by atoms with Gasteiger partial charge < -0.3 is 9.47 Å². The summed E-state index contributed by atoms with van der Waals surface area (Å²) in [7, 11) is 0. The van der Waals surface area contributed by atoms with E-state index in [1.807, 2.05) is 36.4 Å². The van der Waals surface area contributed by atoms with Crippen LogP contribution in [0.5, 0.6) is 11.5 Å². The van der Waals surface area contributed by atoms with Crippen molar-refractivity contribution in [1.29, 1.82) is 5.26 Å². The van der Waals surface area contributed by atoms with Gasteiger partial charge in [0.1, 0.15) is 13.2 Å². The summed E-state index contributed by atoms with van der Waals surface area (Å²) in [5.74, 6) is 1.46. The number of benzene rings is 1. The Labute approximate surface area is 116 Å². The van der Waals surface area contributed by atoms with Crippen molar-refractivity contribution in [1.82, 2.24) is 4.98 Å². The van der Waals surface area contributed by atoms with Gasteiger partial charge >= 0.3 is 0 Å². The van der Waals surface area contributed by atoms with Crippen LogP contribution < -0.4 is 9.47 Å². The quantitative estimate of drug-likeness (QED) is 0.782. The van der Waals surface area contributed by atoms with Crippen LogP contribution in [0.25, 0.3) is 11.6 Å². The lowest BCUT2D eigenvalue weighted by Crippen LogP contribution is -2.15. The molecule has 2 aromatic rings. The van der Waals surface area contributed by atoms with E-state index in [0.29, 0.717) is 24.5 Å². The van der Waals surface area contributed by atoms with E-state index < -0.39 is 0 Å². The summed E-state index contributed by atoms with van der Waals surface area (Å²) in [5.41, 5.74) is 2.26. The minimum Gasteiger partial charge on any atom is -0.486 e. The molecular weight excluding hydrogens is 252 g/mol. The fourth-order valence-electron chi connectivity index (χ4n) is 2.02. The molecule has 0 unspecified atom stereocenters. The van der Waals surface area contributed by atoms with Crippen LogP contribution in [0.3, 0.4) is 0 Å². The number of aromatic nitrogens is 1. The number of ether oxygens (including phenoxy) is 2. The molecule has 98 valence electrons. The highest BCUT2D eigenvalue weighted by Gasteiger charge is 2.11. The van der Waals surface area contributed by atoms with Crippen molar-refractivity contribution in [2.75, 3.05) is 13.2 Å². The number of allylic oxidation sites excluding steroid dienone is 1. The Bertz CT molecular complexity index is 687. The average Bonchev–Trinajstić information content (AvgIpc) is 2.53. The summed E-state index contributed by atoms with van der Waals surface area (Å²) in [5, 5.41) is 9.28. The molecule has 3 rings (SSSR count). The predicted molar refractivity (Wildman–Crippen MR) is 75.2 cm³/mol. The van der Waals surface area contributed by atoms with E-state index in [1.54, 1.807) is 12.4 Å². The van der Waals surface area contributed by atoms with Crippen LogP contribution in [0, 0.1) is 11.3 Å². The normalized spacial score (nSPS) is 13.7. The van der Waals surface area contributed by atoms with E-state index in [4.69, 9.17) is 9.47 Å². The molecule has 4 nitrogen and oxygen atoms in total. The summed E-state index contributed by atoms with van der Waals surface area (Å²) >= 11 is 0. The number of hydrogen-bond donors (Lipinski definition) is 0. The van der Waals surface area contributed by atoms with Crippen molar-refractivity contribution >= 4 is 11.6 Å². The number of pyridine rings is 1. The molecule has 0 spiro atoms. The maximum Gasteiger partial charge on any atom is 0.161 e. The second-order valence-corrected chi connectivity index (χ2v) is 4.31. The molecular formula is C16H12N2O2. The van der Waals surface area contributed by atoms with Crippen molar-refractivity contribution in [3.8, 4) is 17.6 Å². The summed E-state index contributed by atoms with van der Waals surface area (Å²) in [6, 6.07) is 11.5. The van der Waals surface area contributed by atoms with Gasteiger partial charge in [-0.1, -0.05) is 12.1 Å². The fourth-order valence-corrected chi connectivity index (χ4v) is 2.02. The van der Waals surface area contributed by atoms with Gasteiger partial charge in [0.05, 0.1) is 11.6 Å². The lowest BCUT2D eigenvalue weighted by atomic mass is 10.1. The van der Waals surface area contributed by atoms with E-state index in [2.05, 4.69) is 11.1 Å². The maximum atomic E-state index is 9.28. The van der Waals surface area contributed by atoms with Gasteiger partial charge in [-0.3, -0.25) is 4.98 Å². The van der Waals surface area contributed by atoms with Crippen molar-refractivity contribution in [2.45, 2.75) is 0 Å². The predicted octanol–water partition coefficient (Wildman–Crippen LogP) is 2.92.